The zero-order chi connectivity index (χ0) is 23.2. The molecule has 2 N–H and O–H groups in total. The van der Waals surface area contributed by atoms with E-state index >= 15 is 0 Å². The van der Waals surface area contributed by atoms with Crippen molar-refractivity contribution in [3.8, 4) is 11.3 Å². The van der Waals surface area contributed by atoms with E-state index in [1.54, 1.807) is 18.5 Å². The Hall–Kier alpha value is -3.08. The lowest BCUT2D eigenvalue weighted by molar-refractivity contribution is 0.392. The highest BCUT2D eigenvalue weighted by molar-refractivity contribution is 7.91. The number of hydrogen-bond donors (Lipinski definition) is 1. The Labute approximate surface area is 195 Å². The molecule has 10 heteroatoms. The van der Waals surface area contributed by atoms with Crippen molar-refractivity contribution < 1.29 is 12.8 Å². The van der Waals surface area contributed by atoms with Crippen LogP contribution in [0.1, 0.15) is 29.7 Å². The third-order valence-corrected chi connectivity index (χ3v) is 9.15. The van der Waals surface area contributed by atoms with Gasteiger partial charge in [-0.25, -0.2) is 22.8 Å². The molecule has 0 fully saturated rings. The normalized spacial score (nSPS) is 15.3. The largest absolute Gasteiger partial charge is 0.375 e. The second-order valence-electron chi connectivity index (χ2n) is 7.96. The maximum atomic E-state index is 13.4. The van der Waals surface area contributed by atoms with Crippen LogP contribution in [0.2, 0.25) is 0 Å². The minimum absolute atomic E-state index is 0.0452. The van der Waals surface area contributed by atoms with E-state index < -0.39 is 10.0 Å². The Bertz CT molecular complexity index is 1410. The molecule has 0 bridgehead atoms. The average Bonchev–Trinajstić information content (AvgIpc) is 3.48. The highest BCUT2D eigenvalue weighted by Gasteiger charge is 2.31. The summed E-state index contributed by atoms with van der Waals surface area (Å²) >= 11 is 0.977. The molecule has 33 heavy (non-hydrogen) atoms. The number of sulfonamides is 1. The number of thiazole rings is 1. The van der Waals surface area contributed by atoms with Gasteiger partial charge in [-0.05, 0) is 42.2 Å². The molecule has 7 nitrogen and oxygen atoms in total. The van der Waals surface area contributed by atoms with E-state index in [2.05, 4.69) is 14.5 Å². The summed E-state index contributed by atoms with van der Waals surface area (Å²) in [5.41, 5.74) is 10.7. The number of fused-ring (bicyclic) bond motifs is 1. The van der Waals surface area contributed by atoms with Crippen LogP contribution in [0.15, 0.2) is 65.4 Å². The Morgan fingerprint density at radius 1 is 1.15 bits per heavy atom. The molecule has 2 aromatic carbocycles. The molecule has 0 spiro atoms. The summed E-state index contributed by atoms with van der Waals surface area (Å²) in [6, 6.07) is 12.4. The van der Waals surface area contributed by atoms with Crippen molar-refractivity contribution in [1.29, 1.82) is 0 Å². The number of rotatable bonds is 5. The van der Waals surface area contributed by atoms with Gasteiger partial charge in [0, 0.05) is 18.7 Å². The highest BCUT2D eigenvalue weighted by atomic mass is 32.2. The molecule has 0 aliphatic carbocycles. The van der Waals surface area contributed by atoms with E-state index in [9.17, 15) is 12.8 Å². The van der Waals surface area contributed by atoms with Gasteiger partial charge in [0.15, 0.2) is 9.34 Å². The van der Waals surface area contributed by atoms with Gasteiger partial charge in [-0.1, -0.05) is 41.7 Å². The van der Waals surface area contributed by atoms with Crippen molar-refractivity contribution in [2.75, 3.05) is 12.3 Å². The van der Waals surface area contributed by atoms with Crippen LogP contribution in [-0.2, 0) is 23.0 Å². The van der Waals surface area contributed by atoms with Crippen molar-refractivity contribution >= 4 is 26.5 Å². The van der Waals surface area contributed by atoms with E-state index in [1.807, 2.05) is 31.3 Å². The van der Waals surface area contributed by atoms with E-state index in [1.165, 1.54) is 22.6 Å². The van der Waals surface area contributed by atoms with Crippen LogP contribution in [0.3, 0.4) is 0 Å². The number of nitrogens with two attached hydrogens (primary N) is 1. The highest BCUT2D eigenvalue weighted by Crippen LogP contribution is 2.35. The molecular formula is C23H22FN5O2S2. The number of nitrogens with zero attached hydrogens (tertiary/aromatic N) is 4. The van der Waals surface area contributed by atoms with Gasteiger partial charge in [0.25, 0.3) is 10.0 Å². The molecule has 1 aliphatic rings. The lowest BCUT2D eigenvalue weighted by Gasteiger charge is -2.29. The third kappa shape index (κ3) is 3.94. The van der Waals surface area contributed by atoms with Gasteiger partial charge >= 0.3 is 0 Å². The minimum Gasteiger partial charge on any atom is -0.375 e. The van der Waals surface area contributed by atoms with Crippen LogP contribution in [-0.4, -0.2) is 33.8 Å². The summed E-state index contributed by atoms with van der Waals surface area (Å²) in [5, 5.41) is 0.233. The molecule has 170 valence electrons. The first-order chi connectivity index (χ1) is 15.8. The number of halogens is 1. The van der Waals surface area contributed by atoms with E-state index in [0.29, 0.717) is 13.0 Å². The molecule has 2 aromatic heterocycles. The SMILES string of the molecule is CC(c1ccc(F)cc1)n1cncc1-c1cccc2c1CCN(S(=O)(=O)c1cnc(N)s1)C2. The van der Waals surface area contributed by atoms with E-state index in [0.717, 1.165) is 39.3 Å². The standard InChI is InChI=1S/C23H22FN5O2S2/c1-15(16-5-7-18(24)8-6-16)29-14-26-11-21(29)20-4-2-3-17-13-28(10-9-19(17)20)33(30,31)22-12-27-23(25)32-22/h2-8,11-12,14-15H,9-10,13H2,1H3,(H2,25,27). The van der Waals surface area contributed by atoms with Gasteiger partial charge in [0.05, 0.1) is 30.5 Å². The van der Waals surface area contributed by atoms with Gasteiger partial charge in [0.1, 0.15) is 5.82 Å². The Morgan fingerprint density at radius 3 is 2.67 bits per heavy atom. The molecule has 1 aliphatic heterocycles. The van der Waals surface area contributed by atoms with Crippen molar-refractivity contribution in [3.05, 3.63) is 83.7 Å². The first-order valence-corrected chi connectivity index (χ1v) is 12.7. The predicted molar refractivity (Wildman–Crippen MR) is 126 cm³/mol. The molecule has 4 aromatic rings. The van der Waals surface area contributed by atoms with Crippen LogP contribution in [0, 0.1) is 5.82 Å². The molecule has 5 rings (SSSR count). The summed E-state index contributed by atoms with van der Waals surface area (Å²) in [6.45, 7) is 2.69. The summed E-state index contributed by atoms with van der Waals surface area (Å²) in [4.78, 5) is 8.26. The summed E-state index contributed by atoms with van der Waals surface area (Å²) in [5.74, 6) is -0.269. The van der Waals surface area contributed by atoms with Crippen molar-refractivity contribution in [2.45, 2.75) is 30.1 Å². The van der Waals surface area contributed by atoms with Gasteiger partial charge in [-0.15, -0.1) is 0 Å². The number of benzene rings is 2. The first kappa shape index (κ1) is 21.7. The number of aromatic nitrogens is 3. The lowest BCUT2D eigenvalue weighted by atomic mass is 9.93. The molecule has 0 saturated carbocycles. The maximum Gasteiger partial charge on any atom is 0.254 e. The topological polar surface area (TPSA) is 94.1 Å². The van der Waals surface area contributed by atoms with Crippen LogP contribution in [0.25, 0.3) is 11.3 Å². The molecule has 0 saturated heterocycles. The summed E-state index contributed by atoms with van der Waals surface area (Å²) < 4.78 is 43.2. The zero-order valence-electron chi connectivity index (χ0n) is 17.8. The number of anilines is 1. The van der Waals surface area contributed by atoms with Crippen molar-refractivity contribution in [2.24, 2.45) is 0 Å². The average molecular weight is 484 g/mol. The predicted octanol–water partition coefficient (Wildman–Crippen LogP) is 4.08. The van der Waals surface area contributed by atoms with Gasteiger partial charge in [-0.3, -0.25) is 0 Å². The van der Waals surface area contributed by atoms with Crippen molar-refractivity contribution in [1.82, 2.24) is 18.8 Å². The lowest BCUT2D eigenvalue weighted by Crippen LogP contribution is -2.35. The molecule has 1 unspecified atom stereocenters. The fourth-order valence-electron chi connectivity index (χ4n) is 4.27. The van der Waals surface area contributed by atoms with E-state index in [4.69, 9.17) is 5.73 Å². The van der Waals surface area contributed by atoms with Gasteiger partial charge in [0.2, 0.25) is 0 Å². The molecule has 0 amide bonds. The minimum atomic E-state index is -3.65. The smallest absolute Gasteiger partial charge is 0.254 e. The fourth-order valence-corrected chi connectivity index (χ4v) is 6.76. The van der Waals surface area contributed by atoms with Crippen LogP contribution >= 0.6 is 11.3 Å². The zero-order valence-corrected chi connectivity index (χ0v) is 19.5. The quantitative estimate of drug-likeness (QED) is 0.462. The fraction of sp³-hybridized carbons (Fsp3) is 0.217. The number of nitrogen functional groups attached to an aromatic ring is 1. The second-order valence-corrected chi connectivity index (χ2v) is 11.2. The monoisotopic (exact) mass is 483 g/mol. The van der Waals surface area contributed by atoms with Gasteiger partial charge in [-0.2, -0.15) is 4.31 Å². The van der Waals surface area contributed by atoms with E-state index in [-0.39, 0.29) is 27.7 Å². The molecule has 3 heterocycles. The van der Waals surface area contributed by atoms with Gasteiger partial charge < -0.3 is 10.3 Å². The summed E-state index contributed by atoms with van der Waals surface area (Å²) in [7, 11) is -3.65. The van der Waals surface area contributed by atoms with Crippen LogP contribution < -0.4 is 5.73 Å². The number of hydrogen-bond acceptors (Lipinski definition) is 6. The van der Waals surface area contributed by atoms with Crippen LogP contribution in [0.5, 0.6) is 0 Å². The first-order valence-electron chi connectivity index (χ1n) is 10.4. The number of imidazole rings is 1. The molecular weight excluding hydrogens is 461 g/mol. The van der Waals surface area contributed by atoms with Crippen LogP contribution in [0.4, 0.5) is 9.52 Å². The maximum absolute atomic E-state index is 13.4. The molecule has 0 radical (unpaired) electrons. The van der Waals surface area contributed by atoms with Crippen molar-refractivity contribution in [3.63, 3.8) is 0 Å². The molecule has 1 atom stereocenters. The summed E-state index contributed by atoms with van der Waals surface area (Å²) in [6.07, 6.45) is 5.49. The third-order valence-electron chi connectivity index (χ3n) is 6.04. The Morgan fingerprint density at radius 2 is 1.94 bits per heavy atom. The Kier molecular flexibility index (Phi) is 5.51. The second kappa shape index (κ2) is 8.36. The Balaban J connectivity index is 1.48.